The van der Waals surface area contributed by atoms with Crippen LogP contribution in [0.1, 0.15) is 42.0 Å². The summed E-state index contributed by atoms with van der Waals surface area (Å²) in [5.41, 5.74) is 9.73. The summed E-state index contributed by atoms with van der Waals surface area (Å²) in [6.07, 6.45) is 3.04. The summed E-state index contributed by atoms with van der Waals surface area (Å²) in [7, 11) is 0. The first-order valence-electron chi connectivity index (χ1n) is 6.80. The van der Waals surface area contributed by atoms with Gasteiger partial charge in [0.05, 0.1) is 0 Å². The molecule has 0 aromatic heterocycles. The largest absolute Gasteiger partial charge is 0.396 e. The number of rotatable bonds is 8. The minimum Gasteiger partial charge on any atom is -0.396 e. The Bertz CT molecular complexity index is 352. The molecular formula is C15H26N2O. The molecule has 3 heteroatoms. The van der Waals surface area contributed by atoms with Gasteiger partial charge in [0, 0.05) is 19.2 Å². The highest BCUT2D eigenvalue weighted by molar-refractivity contribution is 5.31. The highest BCUT2D eigenvalue weighted by Crippen LogP contribution is 2.16. The first-order chi connectivity index (χ1) is 8.69. The maximum Gasteiger partial charge on any atom is 0.0444 e. The molecule has 4 N–H and O–H groups in total. The second-order valence-electron chi connectivity index (χ2n) is 4.87. The number of aryl methyl sites for hydroxylation is 2. The zero-order valence-corrected chi connectivity index (χ0v) is 11.6. The zero-order chi connectivity index (χ0) is 13.4. The molecule has 0 fully saturated rings. The van der Waals surface area contributed by atoms with Crippen molar-refractivity contribution in [1.82, 2.24) is 5.32 Å². The van der Waals surface area contributed by atoms with Crippen LogP contribution in [-0.2, 0) is 0 Å². The maximum atomic E-state index is 8.72. The third-order valence-corrected chi connectivity index (χ3v) is 3.39. The van der Waals surface area contributed by atoms with Crippen LogP contribution >= 0.6 is 0 Å². The molecule has 0 spiro atoms. The Kier molecular flexibility index (Phi) is 6.94. The van der Waals surface area contributed by atoms with Crippen LogP contribution in [0.25, 0.3) is 0 Å². The van der Waals surface area contributed by atoms with E-state index in [1.807, 2.05) is 0 Å². The summed E-state index contributed by atoms with van der Waals surface area (Å²) in [4.78, 5) is 0. The molecule has 0 aliphatic rings. The van der Waals surface area contributed by atoms with Gasteiger partial charge in [-0.25, -0.2) is 0 Å². The second-order valence-corrected chi connectivity index (χ2v) is 4.87. The van der Waals surface area contributed by atoms with E-state index < -0.39 is 0 Å². The molecule has 0 radical (unpaired) electrons. The van der Waals surface area contributed by atoms with Gasteiger partial charge in [-0.1, -0.05) is 18.2 Å². The number of unbranched alkanes of at least 4 members (excludes halogenated alkanes) is 2. The van der Waals surface area contributed by atoms with Crippen molar-refractivity contribution in [2.75, 3.05) is 19.7 Å². The Morgan fingerprint density at radius 2 is 1.94 bits per heavy atom. The minimum absolute atomic E-state index is 0.235. The second kappa shape index (κ2) is 8.25. The van der Waals surface area contributed by atoms with Crippen molar-refractivity contribution >= 4 is 0 Å². The molecule has 1 aromatic rings. The number of nitrogens with one attached hydrogen (secondary N) is 1. The van der Waals surface area contributed by atoms with E-state index in [0.29, 0.717) is 6.54 Å². The topological polar surface area (TPSA) is 58.3 Å². The lowest BCUT2D eigenvalue weighted by molar-refractivity contribution is 0.282. The Morgan fingerprint density at radius 3 is 2.56 bits per heavy atom. The Balaban J connectivity index is 2.47. The average molecular weight is 250 g/mol. The standard InChI is InChI=1S/C15H26N2O/c1-12-6-7-14(10-13(12)2)15(11-16)17-8-4-3-5-9-18/h6-7,10,15,17-18H,3-5,8-9,11,16H2,1-2H3. The van der Waals surface area contributed by atoms with Crippen LogP contribution in [-0.4, -0.2) is 24.8 Å². The van der Waals surface area contributed by atoms with Crippen LogP contribution in [0.15, 0.2) is 18.2 Å². The third-order valence-electron chi connectivity index (χ3n) is 3.39. The van der Waals surface area contributed by atoms with E-state index in [2.05, 4.69) is 37.4 Å². The molecule has 1 atom stereocenters. The minimum atomic E-state index is 0.235. The van der Waals surface area contributed by atoms with Crippen molar-refractivity contribution in [2.45, 2.75) is 39.2 Å². The number of hydrogen-bond donors (Lipinski definition) is 3. The fourth-order valence-corrected chi connectivity index (χ4v) is 2.01. The molecule has 0 heterocycles. The lowest BCUT2D eigenvalue weighted by atomic mass is 10.0. The first kappa shape index (κ1) is 15.2. The molecule has 1 rings (SSSR count). The van der Waals surface area contributed by atoms with Gasteiger partial charge in [0.1, 0.15) is 0 Å². The third kappa shape index (κ3) is 4.77. The normalized spacial score (nSPS) is 12.7. The van der Waals surface area contributed by atoms with Gasteiger partial charge in [0.25, 0.3) is 0 Å². The van der Waals surface area contributed by atoms with Crippen LogP contribution in [0.2, 0.25) is 0 Å². The predicted octanol–water partition coefficient (Wildman–Crippen LogP) is 2.06. The summed E-state index contributed by atoms with van der Waals surface area (Å²) in [6, 6.07) is 6.76. The number of aliphatic hydroxyl groups is 1. The van der Waals surface area contributed by atoms with E-state index in [4.69, 9.17) is 10.8 Å². The van der Waals surface area contributed by atoms with Gasteiger partial charge >= 0.3 is 0 Å². The van der Waals surface area contributed by atoms with Crippen molar-refractivity contribution in [2.24, 2.45) is 5.73 Å². The lowest BCUT2D eigenvalue weighted by Crippen LogP contribution is -2.29. The van der Waals surface area contributed by atoms with Crippen LogP contribution in [0.3, 0.4) is 0 Å². The van der Waals surface area contributed by atoms with E-state index in [0.717, 1.165) is 25.8 Å². The SMILES string of the molecule is Cc1ccc(C(CN)NCCCCCO)cc1C. The molecule has 0 saturated carbocycles. The van der Waals surface area contributed by atoms with Gasteiger partial charge in [-0.05, 0) is 56.3 Å². The molecule has 18 heavy (non-hydrogen) atoms. The molecule has 0 amide bonds. The summed E-state index contributed by atoms with van der Waals surface area (Å²) in [6.45, 7) is 6.11. The van der Waals surface area contributed by atoms with E-state index in [-0.39, 0.29) is 12.6 Å². The number of aliphatic hydroxyl groups excluding tert-OH is 1. The molecule has 0 bridgehead atoms. The Hall–Kier alpha value is -0.900. The predicted molar refractivity (Wildman–Crippen MR) is 76.7 cm³/mol. The number of benzene rings is 1. The molecule has 0 aliphatic carbocycles. The molecule has 1 unspecified atom stereocenters. The smallest absolute Gasteiger partial charge is 0.0444 e. The number of nitrogens with two attached hydrogens (primary N) is 1. The van der Waals surface area contributed by atoms with Gasteiger partial charge in [-0.15, -0.1) is 0 Å². The Labute approximate surface area is 110 Å². The lowest BCUT2D eigenvalue weighted by Gasteiger charge is -2.18. The molecule has 1 aromatic carbocycles. The van der Waals surface area contributed by atoms with Gasteiger partial charge in [0.15, 0.2) is 0 Å². The van der Waals surface area contributed by atoms with E-state index in [9.17, 15) is 0 Å². The van der Waals surface area contributed by atoms with Crippen molar-refractivity contribution in [3.63, 3.8) is 0 Å². The monoisotopic (exact) mass is 250 g/mol. The number of hydrogen-bond acceptors (Lipinski definition) is 3. The summed E-state index contributed by atoms with van der Waals surface area (Å²) >= 11 is 0. The van der Waals surface area contributed by atoms with Gasteiger partial charge < -0.3 is 16.2 Å². The quantitative estimate of drug-likeness (QED) is 0.619. The maximum absolute atomic E-state index is 8.72. The highest BCUT2D eigenvalue weighted by atomic mass is 16.2. The molecular weight excluding hydrogens is 224 g/mol. The highest BCUT2D eigenvalue weighted by Gasteiger charge is 2.09. The van der Waals surface area contributed by atoms with Crippen molar-refractivity contribution in [3.8, 4) is 0 Å². The van der Waals surface area contributed by atoms with Crippen LogP contribution in [0, 0.1) is 13.8 Å². The average Bonchev–Trinajstić information content (AvgIpc) is 2.37. The Morgan fingerprint density at radius 1 is 1.17 bits per heavy atom. The zero-order valence-electron chi connectivity index (χ0n) is 11.6. The molecule has 0 aliphatic heterocycles. The van der Waals surface area contributed by atoms with E-state index in [1.54, 1.807) is 0 Å². The van der Waals surface area contributed by atoms with Gasteiger partial charge in [-0.3, -0.25) is 0 Å². The molecule has 0 saturated heterocycles. The van der Waals surface area contributed by atoms with E-state index in [1.165, 1.54) is 16.7 Å². The van der Waals surface area contributed by atoms with Gasteiger partial charge in [-0.2, -0.15) is 0 Å². The first-order valence-corrected chi connectivity index (χ1v) is 6.80. The summed E-state index contributed by atoms with van der Waals surface area (Å²) in [5.74, 6) is 0. The van der Waals surface area contributed by atoms with Crippen molar-refractivity contribution < 1.29 is 5.11 Å². The van der Waals surface area contributed by atoms with Crippen molar-refractivity contribution in [1.29, 1.82) is 0 Å². The van der Waals surface area contributed by atoms with Crippen molar-refractivity contribution in [3.05, 3.63) is 34.9 Å². The van der Waals surface area contributed by atoms with Crippen LogP contribution < -0.4 is 11.1 Å². The summed E-state index contributed by atoms with van der Waals surface area (Å²) < 4.78 is 0. The molecule has 102 valence electrons. The van der Waals surface area contributed by atoms with Gasteiger partial charge in [0.2, 0.25) is 0 Å². The summed E-state index contributed by atoms with van der Waals surface area (Å²) in [5, 5.41) is 12.2. The fraction of sp³-hybridized carbons (Fsp3) is 0.600. The van der Waals surface area contributed by atoms with Crippen LogP contribution in [0.4, 0.5) is 0 Å². The fourth-order valence-electron chi connectivity index (χ4n) is 2.01. The molecule has 3 nitrogen and oxygen atoms in total. The van der Waals surface area contributed by atoms with E-state index >= 15 is 0 Å². The van der Waals surface area contributed by atoms with Crippen LogP contribution in [0.5, 0.6) is 0 Å².